The van der Waals surface area contributed by atoms with Crippen molar-refractivity contribution in [1.82, 2.24) is 0 Å². The number of aliphatic hydroxyl groups is 2. The maximum Gasteiger partial charge on any atom is 0.196 e. The molecule has 0 atom stereocenters. The molecule has 0 aromatic carbocycles. The van der Waals surface area contributed by atoms with Gasteiger partial charge in [-0.05, 0) is 6.42 Å². The highest BCUT2D eigenvalue weighted by molar-refractivity contribution is 7.96. The number of hydrogen-bond donors (Lipinski definition) is 3. The number of thiol groups is 1. The molecule has 0 aromatic heterocycles. The molecule has 10 heavy (non-hydrogen) atoms. The van der Waals surface area contributed by atoms with Crippen LogP contribution in [0.5, 0.6) is 0 Å². The predicted molar refractivity (Wildman–Crippen MR) is 40.9 cm³/mol. The summed E-state index contributed by atoms with van der Waals surface area (Å²) in [4.78, 5) is 10.7. The average molecular weight is 164 g/mol. The van der Waals surface area contributed by atoms with Crippen molar-refractivity contribution in [2.45, 2.75) is 13.3 Å². The van der Waals surface area contributed by atoms with Gasteiger partial charge >= 0.3 is 0 Å². The van der Waals surface area contributed by atoms with Crippen LogP contribution in [0.25, 0.3) is 0 Å². The van der Waals surface area contributed by atoms with E-state index < -0.39 is 10.5 Å². The van der Waals surface area contributed by atoms with Crippen molar-refractivity contribution in [3.8, 4) is 0 Å². The first-order valence-electron chi connectivity index (χ1n) is 3.08. The largest absolute Gasteiger partial charge is 0.395 e. The van der Waals surface area contributed by atoms with Gasteiger partial charge in [0.25, 0.3) is 0 Å². The van der Waals surface area contributed by atoms with Gasteiger partial charge in [-0.15, -0.1) is 12.6 Å². The van der Waals surface area contributed by atoms with Gasteiger partial charge in [0.2, 0.25) is 0 Å². The number of carbonyl (C=O) groups is 1. The smallest absolute Gasteiger partial charge is 0.196 e. The topological polar surface area (TPSA) is 57.5 Å². The molecule has 0 radical (unpaired) electrons. The number of aliphatic hydroxyl groups excluding tert-OH is 2. The highest BCUT2D eigenvalue weighted by atomic mass is 32.1. The minimum absolute atomic E-state index is 0.345. The molecule has 4 heteroatoms. The molecule has 0 spiro atoms. The van der Waals surface area contributed by atoms with E-state index in [9.17, 15) is 4.79 Å². The molecule has 0 aliphatic heterocycles. The summed E-state index contributed by atoms with van der Waals surface area (Å²) in [6, 6.07) is 0. The lowest BCUT2D eigenvalue weighted by molar-refractivity contribution is -0.124. The molecule has 0 amide bonds. The molecule has 0 unspecified atom stereocenters. The molecule has 0 saturated heterocycles. The first-order valence-corrected chi connectivity index (χ1v) is 3.53. The molecule has 3 nitrogen and oxygen atoms in total. The second-order valence-corrected chi connectivity index (χ2v) is 2.66. The standard InChI is InChI=1S/C6H12O3S/c1-2-6(3-7,4-8)5(9)10/h7-8H,2-4H2,1H3,(H,9,10). The van der Waals surface area contributed by atoms with E-state index in [2.05, 4.69) is 12.6 Å². The fourth-order valence-electron chi connectivity index (χ4n) is 0.560. The highest BCUT2D eigenvalue weighted by Gasteiger charge is 2.32. The van der Waals surface area contributed by atoms with E-state index >= 15 is 0 Å². The van der Waals surface area contributed by atoms with Crippen molar-refractivity contribution in [3.05, 3.63) is 0 Å². The Morgan fingerprint density at radius 1 is 1.50 bits per heavy atom. The minimum Gasteiger partial charge on any atom is -0.395 e. The minimum atomic E-state index is -1.04. The zero-order valence-electron chi connectivity index (χ0n) is 5.87. The summed E-state index contributed by atoms with van der Waals surface area (Å²) in [5.41, 5.74) is -1.04. The van der Waals surface area contributed by atoms with Gasteiger partial charge in [-0.25, -0.2) is 0 Å². The Balaban J connectivity index is 4.31. The average Bonchev–Trinajstić information content (AvgIpc) is 1.92. The molecule has 0 aliphatic carbocycles. The van der Waals surface area contributed by atoms with E-state index in [0.29, 0.717) is 6.42 Å². The van der Waals surface area contributed by atoms with E-state index in [1.54, 1.807) is 6.92 Å². The van der Waals surface area contributed by atoms with Crippen LogP contribution in [0.2, 0.25) is 0 Å². The van der Waals surface area contributed by atoms with Gasteiger partial charge in [0.15, 0.2) is 5.12 Å². The first-order chi connectivity index (χ1) is 4.63. The highest BCUT2D eigenvalue weighted by Crippen LogP contribution is 2.22. The van der Waals surface area contributed by atoms with Crippen LogP contribution >= 0.6 is 12.6 Å². The summed E-state index contributed by atoms with van der Waals surface area (Å²) in [7, 11) is 0. The second kappa shape index (κ2) is 3.95. The molecule has 0 bridgehead atoms. The van der Waals surface area contributed by atoms with Crippen LogP contribution in [0, 0.1) is 5.41 Å². The molecule has 0 heterocycles. The van der Waals surface area contributed by atoms with Crippen LogP contribution in [0.15, 0.2) is 0 Å². The van der Waals surface area contributed by atoms with E-state index in [0.717, 1.165) is 0 Å². The third-order valence-electron chi connectivity index (χ3n) is 1.74. The summed E-state index contributed by atoms with van der Waals surface area (Å²) >= 11 is 3.56. The van der Waals surface area contributed by atoms with Gasteiger partial charge in [0.1, 0.15) is 0 Å². The Kier molecular flexibility index (Phi) is 3.93. The molecular weight excluding hydrogens is 152 g/mol. The SMILES string of the molecule is CCC(CO)(CO)C(=O)S. The molecule has 0 rings (SSSR count). The number of hydrogen-bond acceptors (Lipinski definition) is 3. The number of rotatable bonds is 4. The van der Waals surface area contributed by atoms with E-state index in [-0.39, 0.29) is 13.2 Å². The quantitative estimate of drug-likeness (QED) is 0.505. The second-order valence-electron chi connectivity index (χ2n) is 2.26. The molecule has 0 fully saturated rings. The monoisotopic (exact) mass is 164 g/mol. The van der Waals surface area contributed by atoms with Gasteiger partial charge in [-0.1, -0.05) is 6.92 Å². The van der Waals surface area contributed by atoms with Crippen molar-refractivity contribution in [1.29, 1.82) is 0 Å². The van der Waals surface area contributed by atoms with Gasteiger partial charge in [-0.3, -0.25) is 4.79 Å². The summed E-state index contributed by atoms with van der Waals surface area (Å²) in [6.07, 6.45) is 0.405. The Hall–Kier alpha value is -0.0600. The van der Waals surface area contributed by atoms with Gasteiger partial charge in [0.05, 0.1) is 18.6 Å². The molecule has 0 saturated carbocycles. The lowest BCUT2D eigenvalue weighted by atomic mass is 9.89. The van der Waals surface area contributed by atoms with Crippen LogP contribution < -0.4 is 0 Å². The fraction of sp³-hybridized carbons (Fsp3) is 0.833. The molecule has 2 N–H and O–H groups in total. The Labute approximate surface area is 65.5 Å². The zero-order valence-corrected chi connectivity index (χ0v) is 6.77. The molecule has 60 valence electrons. The first kappa shape index (κ1) is 9.94. The summed E-state index contributed by atoms with van der Waals surface area (Å²) < 4.78 is 0. The van der Waals surface area contributed by atoms with Gasteiger partial charge in [-0.2, -0.15) is 0 Å². The predicted octanol–water partition coefficient (Wildman–Crippen LogP) is -0.176. The van der Waals surface area contributed by atoms with Crippen molar-refractivity contribution < 1.29 is 15.0 Å². The lowest BCUT2D eigenvalue weighted by Crippen LogP contribution is -2.35. The van der Waals surface area contributed by atoms with Crippen LogP contribution in [-0.4, -0.2) is 28.5 Å². The van der Waals surface area contributed by atoms with E-state index in [4.69, 9.17) is 10.2 Å². The van der Waals surface area contributed by atoms with Crippen LogP contribution in [0.3, 0.4) is 0 Å². The number of carbonyl (C=O) groups excluding carboxylic acids is 1. The summed E-state index contributed by atoms with van der Waals surface area (Å²) in [5, 5.41) is 17.0. The maximum atomic E-state index is 10.7. The van der Waals surface area contributed by atoms with Crippen molar-refractivity contribution >= 4 is 17.7 Å². The maximum absolute atomic E-state index is 10.7. The third-order valence-corrected chi connectivity index (χ3v) is 2.21. The summed E-state index contributed by atoms with van der Waals surface area (Å²) in [6.45, 7) is 1.03. The van der Waals surface area contributed by atoms with Crippen molar-refractivity contribution in [3.63, 3.8) is 0 Å². The van der Waals surface area contributed by atoms with Crippen LogP contribution in [0.1, 0.15) is 13.3 Å². The van der Waals surface area contributed by atoms with E-state index in [1.807, 2.05) is 0 Å². The van der Waals surface area contributed by atoms with Crippen LogP contribution in [0.4, 0.5) is 0 Å². The molecular formula is C6H12O3S. The van der Waals surface area contributed by atoms with Crippen molar-refractivity contribution in [2.24, 2.45) is 5.41 Å². The normalized spacial score (nSPS) is 11.6. The van der Waals surface area contributed by atoms with E-state index in [1.165, 1.54) is 0 Å². The summed E-state index contributed by atoms with van der Waals surface area (Å²) in [5.74, 6) is 0. The van der Waals surface area contributed by atoms with Gasteiger partial charge in [0, 0.05) is 0 Å². The van der Waals surface area contributed by atoms with Crippen LogP contribution in [-0.2, 0) is 4.79 Å². The Morgan fingerprint density at radius 2 is 1.90 bits per heavy atom. The fourth-order valence-corrected chi connectivity index (χ4v) is 0.860. The zero-order chi connectivity index (χ0) is 8.20. The Morgan fingerprint density at radius 3 is 1.90 bits per heavy atom. The third kappa shape index (κ3) is 1.71. The molecule has 0 aromatic rings. The Bertz CT molecular complexity index is 112. The van der Waals surface area contributed by atoms with Crippen molar-refractivity contribution in [2.75, 3.05) is 13.2 Å². The molecule has 0 aliphatic rings. The van der Waals surface area contributed by atoms with Gasteiger partial charge < -0.3 is 10.2 Å². The lowest BCUT2D eigenvalue weighted by Gasteiger charge is -2.23.